The molecule has 5 atom stereocenters. The van der Waals surface area contributed by atoms with Gasteiger partial charge in [0.25, 0.3) is 0 Å². The van der Waals surface area contributed by atoms with Crippen molar-refractivity contribution < 1.29 is 19.4 Å². The van der Waals surface area contributed by atoms with Crippen molar-refractivity contribution >= 4 is 11.8 Å². The van der Waals surface area contributed by atoms with E-state index in [1.54, 1.807) is 6.92 Å². The Morgan fingerprint density at radius 2 is 2.15 bits per heavy atom. The Labute approximate surface area is 120 Å². The highest BCUT2D eigenvalue weighted by atomic mass is 16.5. The summed E-state index contributed by atoms with van der Waals surface area (Å²) in [7, 11) is 1.34. The summed E-state index contributed by atoms with van der Waals surface area (Å²) in [6.45, 7) is 5.84. The van der Waals surface area contributed by atoms with Crippen LogP contribution in [-0.4, -0.2) is 30.1 Å². The molecule has 1 saturated carbocycles. The van der Waals surface area contributed by atoms with E-state index in [4.69, 9.17) is 4.74 Å². The van der Waals surface area contributed by atoms with Gasteiger partial charge in [0.1, 0.15) is 0 Å². The van der Waals surface area contributed by atoms with Gasteiger partial charge in [-0.25, -0.2) is 0 Å². The van der Waals surface area contributed by atoms with E-state index in [1.807, 2.05) is 13.0 Å². The number of allylic oxidation sites excluding steroid dienone is 1. The molecule has 1 fully saturated rings. The van der Waals surface area contributed by atoms with Crippen molar-refractivity contribution in [2.45, 2.75) is 46.1 Å². The van der Waals surface area contributed by atoms with Gasteiger partial charge in [0.15, 0.2) is 5.78 Å². The summed E-state index contributed by atoms with van der Waals surface area (Å²) in [6, 6.07) is 0. The van der Waals surface area contributed by atoms with Crippen LogP contribution in [-0.2, 0) is 14.3 Å². The summed E-state index contributed by atoms with van der Waals surface area (Å²) in [5.74, 6) is -0.502. The lowest BCUT2D eigenvalue weighted by molar-refractivity contribution is -0.144. The fourth-order valence-corrected chi connectivity index (χ4v) is 3.72. The van der Waals surface area contributed by atoms with Crippen LogP contribution in [0.4, 0.5) is 0 Å². The van der Waals surface area contributed by atoms with Gasteiger partial charge in [-0.1, -0.05) is 19.9 Å². The second-order valence-corrected chi connectivity index (χ2v) is 6.47. The van der Waals surface area contributed by atoms with Gasteiger partial charge in [-0.3, -0.25) is 9.59 Å². The number of aliphatic hydroxyl groups excluding tert-OH is 1. The minimum absolute atomic E-state index is 0.0500. The highest BCUT2D eigenvalue weighted by Crippen LogP contribution is 2.51. The maximum absolute atomic E-state index is 12.3. The molecule has 2 rings (SSSR count). The van der Waals surface area contributed by atoms with Crippen LogP contribution >= 0.6 is 0 Å². The van der Waals surface area contributed by atoms with Gasteiger partial charge < -0.3 is 9.84 Å². The number of fused-ring (bicyclic) bond motifs is 1. The van der Waals surface area contributed by atoms with Gasteiger partial charge >= 0.3 is 5.97 Å². The summed E-state index contributed by atoms with van der Waals surface area (Å²) < 4.78 is 4.75. The number of methoxy groups -OCH3 is 1. The molecule has 4 nitrogen and oxygen atoms in total. The van der Waals surface area contributed by atoms with Gasteiger partial charge in [0.2, 0.25) is 0 Å². The lowest BCUT2D eigenvalue weighted by atomic mass is 9.56. The average Bonchev–Trinajstić information content (AvgIpc) is 2.43. The van der Waals surface area contributed by atoms with E-state index >= 15 is 0 Å². The van der Waals surface area contributed by atoms with Crippen molar-refractivity contribution in [3.05, 3.63) is 11.6 Å². The number of esters is 1. The number of aliphatic hydroxyl groups is 1. The first-order valence-corrected chi connectivity index (χ1v) is 7.33. The third-order valence-electron chi connectivity index (χ3n) is 5.49. The Bertz CT molecular complexity index is 453. The number of hydrogen-bond donors (Lipinski definition) is 1. The van der Waals surface area contributed by atoms with Crippen molar-refractivity contribution in [3.63, 3.8) is 0 Å². The Balaban J connectivity index is 2.38. The molecule has 0 aromatic carbocycles. The molecule has 0 aromatic heterocycles. The molecule has 0 spiro atoms. The number of Topliss-reactive ketones (excluding diaryl/α,β-unsaturated/α-hetero) is 1. The van der Waals surface area contributed by atoms with Crippen LogP contribution in [0.25, 0.3) is 0 Å². The van der Waals surface area contributed by atoms with Gasteiger partial charge in [-0.15, -0.1) is 0 Å². The predicted molar refractivity (Wildman–Crippen MR) is 74.9 cm³/mol. The van der Waals surface area contributed by atoms with Crippen LogP contribution in [0.1, 0.15) is 40.0 Å². The summed E-state index contributed by atoms with van der Waals surface area (Å²) >= 11 is 0. The van der Waals surface area contributed by atoms with Crippen molar-refractivity contribution in [2.75, 3.05) is 7.11 Å². The SMILES string of the molecule is COC(=O)C(C)C1=CC2(C)C(CCC(O)C2C)CC1=O. The zero-order chi connectivity index (χ0) is 15.1. The number of carbonyl (C=O) groups is 2. The Morgan fingerprint density at radius 3 is 2.75 bits per heavy atom. The molecule has 20 heavy (non-hydrogen) atoms. The Hall–Kier alpha value is -1.16. The highest BCUT2D eigenvalue weighted by Gasteiger charge is 2.48. The fourth-order valence-electron chi connectivity index (χ4n) is 3.72. The first-order chi connectivity index (χ1) is 9.31. The van der Waals surface area contributed by atoms with E-state index in [-0.39, 0.29) is 35.1 Å². The molecule has 1 N–H and O–H groups in total. The van der Waals surface area contributed by atoms with Crippen molar-refractivity contribution in [3.8, 4) is 0 Å². The van der Waals surface area contributed by atoms with Crippen molar-refractivity contribution in [2.24, 2.45) is 23.2 Å². The van der Waals surface area contributed by atoms with Crippen molar-refractivity contribution in [1.82, 2.24) is 0 Å². The monoisotopic (exact) mass is 280 g/mol. The minimum atomic E-state index is -0.531. The number of hydrogen-bond acceptors (Lipinski definition) is 4. The molecule has 0 amide bonds. The van der Waals surface area contributed by atoms with Crippen LogP contribution in [0.5, 0.6) is 0 Å². The maximum atomic E-state index is 12.3. The number of rotatable bonds is 2. The smallest absolute Gasteiger partial charge is 0.312 e. The van der Waals surface area contributed by atoms with Crippen molar-refractivity contribution in [1.29, 1.82) is 0 Å². The van der Waals surface area contributed by atoms with Gasteiger partial charge in [0, 0.05) is 12.0 Å². The standard InChI is InChI=1S/C16H24O4/c1-9(15(19)20-4)12-8-16(3)10(2)13(17)6-5-11(16)7-14(12)18/h8-11,13,17H,5-7H2,1-4H3. The van der Waals surface area contributed by atoms with Gasteiger partial charge in [-0.05, 0) is 37.0 Å². The largest absolute Gasteiger partial charge is 0.469 e. The second-order valence-electron chi connectivity index (χ2n) is 6.47. The average molecular weight is 280 g/mol. The lowest BCUT2D eigenvalue weighted by Crippen LogP contribution is -2.47. The second kappa shape index (κ2) is 5.32. The van der Waals surface area contributed by atoms with E-state index in [0.717, 1.165) is 12.8 Å². The molecule has 5 unspecified atom stereocenters. The molecule has 2 aliphatic carbocycles. The summed E-state index contributed by atoms with van der Waals surface area (Å²) in [5, 5.41) is 10.1. The van der Waals surface area contributed by atoms with Gasteiger partial charge in [0.05, 0.1) is 19.1 Å². The maximum Gasteiger partial charge on any atom is 0.312 e. The molecule has 0 heterocycles. The zero-order valence-corrected chi connectivity index (χ0v) is 12.7. The highest BCUT2D eigenvalue weighted by molar-refractivity contribution is 6.01. The molecular formula is C16H24O4. The molecule has 0 aliphatic heterocycles. The summed E-state index contributed by atoms with van der Waals surface area (Å²) in [6.07, 6.45) is 3.70. The molecule has 0 radical (unpaired) electrons. The van der Waals surface area contributed by atoms with E-state index in [9.17, 15) is 14.7 Å². The van der Waals surface area contributed by atoms with Crippen LogP contribution in [0.15, 0.2) is 11.6 Å². The van der Waals surface area contributed by atoms with Crippen LogP contribution < -0.4 is 0 Å². The van der Waals surface area contributed by atoms with Gasteiger partial charge in [-0.2, -0.15) is 0 Å². The molecule has 4 heteroatoms. The number of ether oxygens (including phenoxy) is 1. The van der Waals surface area contributed by atoms with Crippen LogP contribution in [0.3, 0.4) is 0 Å². The van der Waals surface area contributed by atoms with E-state index < -0.39 is 5.92 Å². The normalized spacial score (nSPS) is 38.8. The molecule has 2 aliphatic rings. The van der Waals surface area contributed by atoms with Crippen LogP contribution in [0.2, 0.25) is 0 Å². The third-order valence-corrected chi connectivity index (χ3v) is 5.49. The lowest BCUT2D eigenvalue weighted by Gasteiger charge is -2.49. The topological polar surface area (TPSA) is 63.6 Å². The Kier molecular flexibility index (Phi) is 4.05. The molecule has 0 saturated heterocycles. The first kappa shape index (κ1) is 15.2. The van der Waals surface area contributed by atoms with E-state index in [0.29, 0.717) is 12.0 Å². The van der Waals surface area contributed by atoms with E-state index in [1.165, 1.54) is 7.11 Å². The fraction of sp³-hybridized carbons (Fsp3) is 0.750. The predicted octanol–water partition coefficient (Wildman–Crippen LogP) is 2.11. The first-order valence-electron chi connectivity index (χ1n) is 7.33. The Morgan fingerprint density at radius 1 is 1.50 bits per heavy atom. The van der Waals surface area contributed by atoms with E-state index in [2.05, 4.69) is 6.92 Å². The molecule has 112 valence electrons. The summed E-state index contributed by atoms with van der Waals surface area (Å²) in [5.41, 5.74) is 0.333. The van der Waals surface area contributed by atoms with Crippen LogP contribution in [0, 0.1) is 23.2 Å². The zero-order valence-electron chi connectivity index (χ0n) is 12.7. The number of ketones is 1. The third kappa shape index (κ3) is 2.30. The number of carbonyl (C=O) groups excluding carboxylic acids is 2. The molecular weight excluding hydrogens is 256 g/mol. The molecule has 0 aromatic rings. The quantitative estimate of drug-likeness (QED) is 0.787. The minimum Gasteiger partial charge on any atom is -0.469 e. The summed E-state index contributed by atoms with van der Waals surface area (Å²) in [4.78, 5) is 24.0. The molecule has 0 bridgehead atoms.